The molecule has 1 atom stereocenters. The summed E-state index contributed by atoms with van der Waals surface area (Å²) < 4.78 is 5.81. The number of hydrogen-bond donors (Lipinski definition) is 2. The van der Waals surface area contributed by atoms with Crippen LogP contribution in [-0.4, -0.2) is 24.6 Å². The molecule has 1 aromatic rings. The van der Waals surface area contributed by atoms with E-state index in [1.807, 2.05) is 31.2 Å². The number of benzene rings is 1. The highest BCUT2D eigenvalue weighted by Gasteiger charge is 2.31. The van der Waals surface area contributed by atoms with Gasteiger partial charge in [0, 0.05) is 0 Å². The molecule has 0 aliphatic carbocycles. The molecule has 0 aliphatic heterocycles. The molecule has 0 bridgehead atoms. The third-order valence-corrected chi connectivity index (χ3v) is 3.17. The lowest BCUT2D eigenvalue weighted by Gasteiger charge is -2.27. The van der Waals surface area contributed by atoms with Gasteiger partial charge in [0.15, 0.2) is 0 Å². The fourth-order valence-corrected chi connectivity index (χ4v) is 1.91. The van der Waals surface area contributed by atoms with E-state index in [9.17, 15) is 4.79 Å². The molecule has 0 heterocycles. The van der Waals surface area contributed by atoms with E-state index in [1.165, 1.54) is 0 Å². The van der Waals surface area contributed by atoms with Crippen molar-refractivity contribution in [1.29, 1.82) is 0 Å². The standard InChI is InChI=1S/C15H24N2O2/c1-5-17-15(4,14(16)18)10-19-13-9-7-6-8-12(13)11(2)3/h6-9,11,17H,5,10H2,1-4H3,(H2,16,18). The zero-order chi connectivity index (χ0) is 14.5. The second-order valence-corrected chi connectivity index (χ2v) is 5.21. The largest absolute Gasteiger partial charge is 0.491 e. The number of hydrogen-bond acceptors (Lipinski definition) is 3. The SMILES string of the molecule is CCNC(C)(COc1ccccc1C(C)C)C(N)=O. The molecule has 0 aliphatic rings. The summed E-state index contributed by atoms with van der Waals surface area (Å²) in [6, 6.07) is 7.87. The Morgan fingerprint density at radius 3 is 2.58 bits per heavy atom. The Hall–Kier alpha value is -1.55. The van der Waals surface area contributed by atoms with E-state index in [0.717, 1.165) is 11.3 Å². The summed E-state index contributed by atoms with van der Waals surface area (Å²) in [5.41, 5.74) is 5.72. The maximum Gasteiger partial charge on any atom is 0.240 e. The summed E-state index contributed by atoms with van der Waals surface area (Å²) in [5.74, 6) is 0.773. The lowest BCUT2D eigenvalue weighted by Crippen LogP contribution is -2.57. The second-order valence-electron chi connectivity index (χ2n) is 5.21. The molecule has 0 fully saturated rings. The number of amides is 1. The van der Waals surface area contributed by atoms with Gasteiger partial charge in [-0.25, -0.2) is 0 Å². The number of para-hydroxylation sites is 1. The van der Waals surface area contributed by atoms with Crippen molar-refractivity contribution in [2.75, 3.05) is 13.2 Å². The average Bonchev–Trinajstić information content (AvgIpc) is 2.36. The van der Waals surface area contributed by atoms with Crippen molar-refractivity contribution in [2.24, 2.45) is 5.73 Å². The van der Waals surface area contributed by atoms with Crippen LogP contribution in [-0.2, 0) is 4.79 Å². The van der Waals surface area contributed by atoms with Gasteiger partial charge >= 0.3 is 0 Å². The van der Waals surface area contributed by atoms with Crippen molar-refractivity contribution in [3.8, 4) is 5.75 Å². The van der Waals surface area contributed by atoms with Crippen LogP contribution >= 0.6 is 0 Å². The van der Waals surface area contributed by atoms with Crippen molar-refractivity contribution in [1.82, 2.24) is 5.32 Å². The highest BCUT2D eigenvalue weighted by Crippen LogP contribution is 2.26. The average molecular weight is 264 g/mol. The third-order valence-electron chi connectivity index (χ3n) is 3.17. The zero-order valence-electron chi connectivity index (χ0n) is 12.2. The fraction of sp³-hybridized carbons (Fsp3) is 0.533. The van der Waals surface area contributed by atoms with Crippen LogP contribution in [0, 0.1) is 0 Å². The van der Waals surface area contributed by atoms with Crippen molar-refractivity contribution < 1.29 is 9.53 Å². The Labute approximate surface area is 115 Å². The first-order valence-corrected chi connectivity index (χ1v) is 6.67. The number of carbonyl (C=O) groups is 1. The molecular formula is C15H24N2O2. The van der Waals surface area contributed by atoms with Gasteiger partial charge in [0.2, 0.25) is 5.91 Å². The molecule has 1 unspecified atom stereocenters. The molecule has 106 valence electrons. The Balaban J connectivity index is 2.83. The molecule has 3 N–H and O–H groups in total. The molecule has 0 spiro atoms. The molecule has 0 aromatic heterocycles. The Morgan fingerprint density at radius 1 is 1.42 bits per heavy atom. The lowest BCUT2D eigenvalue weighted by molar-refractivity contribution is -0.124. The van der Waals surface area contributed by atoms with Gasteiger partial charge in [-0.1, -0.05) is 39.0 Å². The summed E-state index contributed by atoms with van der Waals surface area (Å²) in [7, 11) is 0. The highest BCUT2D eigenvalue weighted by molar-refractivity contribution is 5.84. The van der Waals surface area contributed by atoms with Crippen LogP contribution in [0.1, 0.15) is 39.2 Å². The summed E-state index contributed by atoms with van der Waals surface area (Å²) >= 11 is 0. The molecule has 4 nitrogen and oxygen atoms in total. The van der Waals surface area contributed by atoms with Crippen LogP contribution in [0.2, 0.25) is 0 Å². The number of rotatable bonds is 7. The van der Waals surface area contributed by atoms with Crippen LogP contribution in [0.25, 0.3) is 0 Å². The van der Waals surface area contributed by atoms with Crippen LogP contribution < -0.4 is 15.8 Å². The minimum absolute atomic E-state index is 0.222. The molecular weight excluding hydrogens is 240 g/mol. The summed E-state index contributed by atoms with van der Waals surface area (Å²) in [5, 5.41) is 3.08. The maximum absolute atomic E-state index is 11.5. The minimum Gasteiger partial charge on any atom is -0.491 e. The Morgan fingerprint density at radius 2 is 2.05 bits per heavy atom. The zero-order valence-corrected chi connectivity index (χ0v) is 12.2. The third kappa shape index (κ3) is 3.96. The molecule has 19 heavy (non-hydrogen) atoms. The van der Waals surface area contributed by atoms with Crippen LogP contribution in [0.5, 0.6) is 5.75 Å². The van der Waals surface area contributed by atoms with E-state index in [1.54, 1.807) is 6.92 Å². The first kappa shape index (κ1) is 15.5. The Bertz CT molecular complexity index is 432. The Kier molecular flexibility index (Phi) is 5.36. The predicted molar refractivity (Wildman–Crippen MR) is 77.3 cm³/mol. The van der Waals surface area contributed by atoms with Gasteiger partial charge in [-0.3, -0.25) is 4.79 Å². The van der Waals surface area contributed by atoms with Crippen LogP contribution in [0.4, 0.5) is 0 Å². The lowest BCUT2D eigenvalue weighted by atomic mass is 10.0. The van der Waals surface area contributed by atoms with Crippen molar-refractivity contribution in [2.45, 2.75) is 39.2 Å². The minimum atomic E-state index is -0.848. The molecule has 1 aromatic carbocycles. The first-order chi connectivity index (χ1) is 8.90. The number of nitrogens with one attached hydrogen (secondary N) is 1. The van der Waals surface area contributed by atoms with Crippen LogP contribution in [0.3, 0.4) is 0 Å². The molecule has 0 saturated carbocycles. The second kappa shape index (κ2) is 6.57. The van der Waals surface area contributed by atoms with Gasteiger partial charge in [0.1, 0.15) is 17.9 Å². The molecule has 4 heteroatoms. The summed E-state index contributed by atoms with van der Waals surface area (Å²) in [6.07, 6.45) is 0. The highest BCUT2D eigenvalue weighted by atomic mass is 16.5. The number of primary amides is 1. The van der Waals surface area contributed by atoms with Gasteiger partial charge in [-0.2, -0.15) is 0 Å². The molecule has 0 saturated heterocycles. The van der Waals surface area contributed by atoms with Gasteiger partial charge in [-0.05, 0) is 31.0 Å². The van der Waals surface area contributed by atoms with Crippen LogP contribution in [0.15, 0.2) is 24.3 Å². The predicted octanol–water partition coefficient (Wildman–Crippen LogP) is 2.04. The number of likely N-dealkylation sites (N-methyl/N-ethyl adjacent to an activating group) is 1. The van der Waals surface area contributed by atoms with E-state index >= 15 is 0 Å². The van der Waals surface area contributed by atoms with Gasteiger partial charge in [0.25, 0.3) is 0 Å². The molecule has 0 radical (unpaired) electrons. The normalized spacial score (nSPS) is 14.2. The van der Waals surface area contributed by atoms with Crippen molar-refractivity contribution in [3.05, 3.63) is 29.8 Å². The maximum atomic E-state index is 11.5. The van der Waals surface area contributed by atoms with Gasteiger partial charge in [-0.15, -0.1) is 0 Å². The van der Waals surface area contributed by atoms with Gasteiger partial charge < -0.3 is 15.8 Å². The van der Waals surface area contributed by atoms with E-state index in [2.05, 4.69) is 19.2 Å². The number of nitrogens with two attached hydrogens (primary N) is 1. The topological polar surface area (TPSA) is 64.3 Å². The molecule has 1 rings (SSSR count). The first-order valence-electron chi connectivity index (χ1n) is 6.67. The summed E-state index contributed by atoms with van der Waals surface area (Å²) in [6.45, 7) is 8.80. The number of ether oxygens (including phenoxy) is 1. The fourth-order valence-electron chi connectivity index (χ4n) is 1.91. The number of carbonyl (C=O) groups excluding carboxylic acids is 1. The van der Waals surface area contributed by atoms with E-state index in [-0.39, 0.29) is 6.61 Å². The molecule has 1 amide bonds. The quantitative estimate of drug-likeness (QED) is 0.792. The van der Waals surface area contributed by atoms with E-state index in [4.69, 9.17) is 10.5 Å². The van der Waals surface area contributed by atoms with Crippen molar-refractivity contribution >= 4 is 5.91 Å². The monoisotopic (exact) mass is 264 g/mol. The van der Waals surface area contributed by atoms with E-state index < -0.39 is 11.4 Å². The summed E-state index contributed by atoms with van der Waals surface area (Å²) in [4.78, 5) is 11.5. The van der Waals surface area contributed by atoms with Gasteiger partial charge in [0.05, 0.1) is 0 Å². The van der Waals surface area contributed by atoms with Crippen molar-refractivity contribution in [3.63, 3.8) is 0 Å². The smallest absolute Gasteiger partial charge is 0.240 e. The van der Waals surface area contributed by atoms with E-state index in [0.29, 0.717) is 12.5 Å².